The van der Waals surface area contributed by atoms with E-state index < -0.39 is 0 Å². The van der Waals surface area contributed by atoms with Crippen LogP contribution >= 0.6 is 0 Å². The van der Waals surface area contributed by atoms with Gasteiger partial charge in [0, 0.05) is 18.2 Å². The smallest absolute Gasteiger partial charge is 0.118 e. The van der Waals surface area contributed by atoms with Crippen molar-refractivity contribution in [2.45, 2.75) is 0 Å². The van der Waals surface area contributed by atoms with Gasteiger partial charge in [0.15, 0.2) is 0 Å². The summed E-state index contributed by atoms with van der Waals surface area (Å²) in [7, 11) is 1.61. The highest BCUT2D eigenvalue weighted by atomic mass is 16.5. The first-order valence-corrected chi connectivity index (χ1v) is 5.38. The monoisotopic (exact) mass is 230 g/mol. The molecule has 0 radical (unpaired) electrons. The fourth-order valence-corrected chi connectivity index (χ4v) is 1.57. The number of hydrogen-bond donors (Lipinski definition) is 2. The number of ether oxygens (including phenoxy) is 1. The number of nitrogens with two attached hydrogens (primary N) is 1. The van der Waals surface area contributed by atoms with Gasteiger partial charge in [-0.25, -0.2) is 0 Å². The van der Waals surface area contributed by atoms with E-state index in [1.165, 1.54) is 0 Å². The molecule has 0 saturated heterocycles. The number of allylic oxidation sites excluding steroid dienone is 1. The first kappa shape index (κ1) is 13.2. The maximum Gasteiger partial charge on any atom is 0.118 e. The SMILES string of the molecule is C=CC(=C)[C@H](CN)C(=N)c1ccc(OC)cc1. The fraction of sp³-hybridized carbons (Fsp3) is 0.214. The van der Waals surface area contributed by atoms with Gasteiger partial charge in [-0.2, -0.15) is 0 Å². The lowest BCUT2D eigenvalue weighted by Crippen LogP contribution is -2.24. The second-order valence-electron chi connectivity index (χ2n) is 3.71. The van der Waals surface area contributed by atoms with Gasteiger partial charge in [-0.3, -0.25) is 0 Å². The van der Waals surface area contributed by atoms with Crippen molar-refractivity contribution in [1.82, 2.24) is 0 Å². The molecule has 90 valence electrons. The van der Waals surface area contributed by atoms with Crippen LogP contribution < -0.4 is 10.5 Å². The van der Waals surface area contributed by atoms with Gasteiger partial charge in [-0.05, 0) is 35.4 Å². The molecular weight excluding hydrogens is 212 g/mol. The highest BCUT2D eigenvalue weighted by molar-refractivity contribution is 6.02. The first-order valence-electron chi connectivity index (χ1n) is 5.38. The molecule has 1 atom stereocenters. The Kier molecular flexibility index (Phi) is 4.67. The van der Waals surface area contributed by atoms with Crippen molar-refractivity contribution in [2.75, 3.05) is 13.7 Å². The summed E-state index contributed by atoms with van der Waals surface area (Å²) in [4.78, 5) is 0. The van der Waals surface area contributed by atoms with Gasteiger partial charge in [0.25, 0.3) is 0 Å². The van der Waals surface area contributed by atoms with Crippen LogP contribution in [0.15, 0.2) is 49.1 Å². The minimum atomic E-state index is -0.180. The quantitative estimate of drug-likeness (QED) is 0.582. The van der Waals surface area contributed by atoms with Crippen LogP contribution in [0.3, 0.4) is 0 Å². The molecule has 0 bridgehead atoms. The van der Waals surface area contributed by atoms with Gasteiger partial charge in [-0.1, -0.05) is 19.2 Å². The Bertz CT molecular complexity index is 420. The molecule has 0 unspecified atom stereocenters. The molecule has 1 aromatic carbocycles. The summed E-state index contributed by atoms with van der Waals surface area (Å²) >= 11 is 0. The van der Waals surface area contributed by atoms with E-state index in [0.717, 1.165) is 16.9 Å². The summed E-state index contributed by atoms with van der Waals surface area (Å²) in [5, 5.41) is 8.12. The Morgan fingerprint density at radius 3 is 2.47 bits per heavy atom. The summed E-state index contributed by atoms with van der Waals surface area (Å²) in [6, 6.07) is 7.35. The number of methoxy groups -OCH3 is 1. The van der Waals surface area contributed by atoms with Crippen molar-refractivity contribution in [2.24, 2.45) is 11.7 Å². The molecular formula is C14H18N2O. The normalized spacial score (nSPS) is 11.6. The zero-order valence-electron chi connectivity index (χ0n) is 10.1. The number of rotatable bonds is 6. The van der Waals surface area contributed by atoms with E-state index in [-0.39, 0.29) is 5.92 Å². The number of nitrogens with one attached hydrogen (secondary N) is 1. The Morgan fingerprint density at radius 1 is 1.47 bits per heavy atom. The summed E-state index contributed by atoms with van der Waals surface area (Å²) in [5.41, 5.74) is 7.72. The predicted octanol–water partition coefficient (Wildman–Crippen LogP) is 2.38. The van der Waals surface area contributed by atoms with E-state index >= 15 is 0 Å². The predicted molar refractivity (Wildman–Crippen MR) is 71.7 cm³/mol. The molecule has 0 aliphatic rings. The maximum atomic E-state index is 8.12. The Morgan fingerprint density at radius 2 is 2.06 bits per heavy atom. The second-order valence-corrected chi connectivity index (χ2v) is 3.71. The van der Waals surface area contributed by atoms with E-state index in [4.69, 9.17) is 15.9 Å². The van der Waals surface area contributed by atoms with E-state index in [1.807, 2.05) is 24.3 Å². The third kappa shape index (κ3) is 3.04. The molecule has 0 saturated carbocycles. The topological polar surface area (TPSA) is 59.1 Å². The average molecular weight is 230 g/mol. The van der Waals surface area contributed by atoms with E-state index in [0.29, 0.717) is 12.3 Å². The molecule has 3 N–H and O–H groups in total. The number of hydrogen-bond acceptors (Lipinski definition) is 3. The Hall–Kier alpha value is -1.87. The molecule has 0 fully saturated rings. The molecule has 0 heterocycles. The zero-order chi connectivity index (χ0) is 12.8. The fourth-order valence-electron chi connectivity index (χ4n) is 1.57. The maximum absolute atomic E-state index is 8.12. The minimum absolute atomic E-state index is 0.180. The van der Waals surface area contributed by atoms with E-state index in [1.54, 1.807) is 13.2 Å². The van der Waals surface area contributed by atoms with Crippen LogP contribution in [0.25, 0.3) is 0 Å². The third-order valence-electron chi connectivity index (χ3n) is 2.69. The van der Waals surface area contributed by atoms with Crippen LogP contribution in [0, 0.1) is 11.3 Å². The summed E-state index contributed by atoms with van der Waals surface area (Å²) in [5.74, 6) is 0.592. The van der Waals surface area contributed by atoms with Crippen molar-refractivity contribution in [3.8, 4) is 5.75 Å². The minimum Gasteiger partial charge on any atom is -0.497 e. The zero-order valence-corrected chi connectivity index (χ0v) is 10.1. The molecule has 0 spiro atoms. The molecule has 17 heavy (non-hydrogen) atoms. The molecule has 0 aliphatic heterocycles. The third-order valence-corrected chi connectivity index (χ3v) is 2.69. The highest BCUT2D eigenvalue weighted by Gasteiger charge is 2.16. The van der Waals surface area contributed by atoms with Crippen molar-refractivity contribution >= 4 is 5.71 Å². The summed E-state index contributed by atoms with van der Waals surface area (Å²) in [6.45, 7) is 7.88. The van der Waals surface area contributed by atoms with Crippen LogP contribution in [0.5, 0.6) is 5.75 Å². The van der Waals surface area contributed by atoms with E-state index in [2.05, 4.69) is 13.2 Å². The first-order chi connectivity index (χ1) is 8.13. The van der Waals surface area contributed by atoms with Crippen LogP contribution in [0.1, 0.15) is 5.56 Å². The molecule has 1 aromatic rings. The molecule has 0 aromatic heterocycles. The average Bonchev–Trinajstić information content (AvgIpc) is 2.39. The van der Waals surface area contributed by atoms with Crippen LogP contribution in [-0.2, 0) is 0 Å². The van der Waals surface area contributed by atoms with Gasteiger partial charge in [0.2, 0.25) is 0 Å². The van der Waals surface area contributed by atoms with Gasteiger partial charge in [0.05, 0.1) is 7.11 Å². The summed E-state index contributed by atoms with van der Waals surface area (Å²) < 4.78 is 5.08. The van der Waals surface area contributed by atoms with Gasteiger partial charge >= 0.3 is 0 Å². The molecule has 0 amide bonds. The van der Waals surface area contributed by atoms with Crippen molar-refractivity contribution in [3.63, 3.8) is 0 Å². The molecule has 0 aliphatic carbocycles. The molecule has 3 nitrogen and oxygen atoms in total. The Labute approximate surface area is 102 Å². The van der Waals surface area contributed by atoms with Gasteiger partial charge in [-0.15, -0.1) is 0 Å². The van der Waals surface area contributed by atoms with Crippen molar-refractivity contribution in [1.29, 1.82) is 5.41 Å². The lowest BCUT2D eigenvalue weighted by Gasteiger charge is -2.16. The molecule has 1 rings (SSSR count). The van der Waals surface area contributed by atoms with Crippen LogP contribution in [0.4, 0.5) is 0 Å². The van der Waals surface area contributed by atoms with E-state index in [9.17, 15) is 0 Å². The van der Waals surface area contributed by atoms with Crippen molar-refractivity contribution < 1.29 is 4.74 Å². The lowest BCUT2D eigenvalue weighted by molar-refractivity contribution is 0.415. The lowest BCUT2D eigenvalue weighted by atomic mass is 9.90. The second kappa shape index (κ2) is 6.01. The standard InChI is InChI=1S/C14H18N2O/c1-4-10(2)13(9-15)14(16)11-5-7-12(17-3)8-6-11/h4-8,13,16H,1-2,9,15H2,3H3/t13-/m0/s1. The van der Waals surface area contributed by atoms with Crippen LogP contribution in [-0.4, -0.2) is 19.4 Å². The van der Waals surface area contributed by atoms with Gasteiger partial charge in [0.1, 0.15) is 5.75 Å². The van der Waals surface area contributed by atoms with Crippen LogP contribution in [0.2, 0.25) is 0 Å². The summed E-state index contributed by atoms with van der Waals surface area (Å²) in [6.07, 6.45) is 1.65. The highest BCUT2D eigenvalue weighted by Crippen LogP contribution is 2.18. The molecule has 3 heteroatoms. The van der Waals surface area contributed by atoms with Gasteiger partial charge < -0.3 is 15.9 Å². The number of benzene rings is 1. The van der Waals surface area contributed by atoms with Crippen molar-refractivity contribution in [3.05, 3.63) is 54.6 Å². The Balaban J connectivity index is 2.93. The largest absolute Gasteiger partial charge is 0.497 e.